The minimum absolute atomic E-state index is 0.358. The number of nitrogens with zero attached hydrogens (tertiary/aromatic N) is 2. The summed E-state index contributed by atoms with van der Waals surface area (Å²) in [6.45, 7) is 0.718. The Labute approximate surface area is 115 Å². The van der Waals surface area contributed by atoms with Gasteiger partial charge in [-0.25, -0.2) is 0 Å². The zero-order valence-electron chi connectivity index (χ0n) is 9.93. The minimum atomic E-state index is 0.358. The van der Waals surface area contributed by atoms with Crippen molar-refractivity contribution in [3.8, 4) is 10.9 Å². The van der Waals surface area contributed by atoms with E-state index in [1.807, 2.05) is 24.3 Å². The molecule has 0 saturated carbocycles. The first-order valence-electron chi connectivity index (χ1n) is 5.46. The molecule has 0 fully saturated rings. The van der Waals surface area contributed by atoms with Crippen molar-refractivity contribution in [3.05, 3.63) is 34.8 Å². The predicted molar refractivity (Wildman–Crippen MR) is 71.6 cm³/mol. The summed E-state index contributed by atoms with van der Waals surface area (Å²) in [5.41, 5.74) is 1.21. The van der Waals surface area contributed by atoms with E-state index in [1.165, 1.54) is 16.9 Å². The number of alkyl halides is 1. The first kappa shape index (κ1) is 13.3. The molecular weight excluding hydrogens is 272 g/mol. The van der Waals surface area contributed by atoms with E-state index in [-0.39, 0.29) is 0 Å². The van der Waals surface area contributed by atoms with Crippen molar-refractivity contribution in [2.24, 2.45) is 0 Å². The Bertz CT molecular complexity index is 487. The molecule has 2 aromatic rings. The zero-order chi connectivity index (χ0) is 12.8. The molecule has 1 heterocycles. The molecule has 18 heavy (non-hydrogen) atoms. The average molecular weight is 285 g/mol. The highest BCUT2D eigenvalue weighted by Gasteiger charge is 2.05. The van der Waals surface area contributed by atoms with Crippen LogP contribution in [0.15, 0.2) is 24.3 Å². The number of hydrogen-bond acceptors (Lipinski definition) is 5. The second-order valence-electron chi connectivity index (χ2n) is 3.58. The van der Waals surface area contributed by atoms with Crippen LogP contribution in [0.1, 0.15) is 10.6 Å². The maximum Gasteiger partial charge on any atom is 0.299 e. The van der Waals surface area contributed by atoms with E-state index >= 15 is 0 Å². The van der Waals surface area contributed by atoms with Crippen LogP contribution >= 0.6 is 22.9 Å². The monoisotopic (exact) mass is 284 g/mol. The van der Waals surface area contributed by atoms with Crippen LogP contribution in [0.5, 0.6) is 10.9 Å². The van der Waals surface area contributed by atoms with E-state index in [0.29, 0.717) is 11.1 Å². The Balaban J connectivity index is 1.97. The number of aromatic nitrogens is 2. The molecule has 1 aromatic heterocycles. The molecule has 96 valence electrons. The van der Waals surface area contributed by atoms with Crippen LogP contribution in [0.2, 0.25) is 0 Å². The summed E-state index contributed by atoms with van der Waals surface area (Å²) in [7, 11) is 1.70. The fraction of sp³-hybridized carbons (Fsp3) is 0.333. The Kier molecular flexibility index (Phi) is 4.92. The first-order chi connectivity index (χ1) is 8.81. The highest BCUT2D eigenvalue weighted by Crippen LogP contribution is 2.25. The van der Waals surface area contributed by atoms with Gasteiger partial charge in [-0.15, -0.1) is 16.7 Å². The van der Waals surface area contributed by atoms with Gasteiger partial charge >= 0.3 is 0 Å². The van der Waals surface area contributed by atoms with Crippen molar-refractivity contribution in [1.82, 2.24) is 10.2 Å². The van der Waals surface area contributed by atoms with Gasteiger partial charge in [-0.3, -0.25) is 0 Å². The second kappa shape index (κ2) is 6.68. The van der Waals surface area contributed by atoms with Crippen molar-refractivity contribution in [2.45, 2.75) is 12.3 Å². The molecule has 0 N–H and O–H groups in total. The van der Waals surface area contributed by atoms with Gasteiger partial charge in [-0.05, 0) is 24.1 Å². The topological polar surface area (TPSA) is 44.2 Å². The summed E-state index contributed by atoms with van der Waals surface area (Å²) in [6, 6.07) is 7.84. The number of benzene rings is 1. The molecule has 0 radical (unpaired) electrons. The van der Waals surface area contributed by atoms with Gasteiger partial charge in [-0.1, -0.05) is 28.6 Å². The lowest BCUT2D eigenvalue weighted by Gasteiger charge is -2.03. The number of ether oxygens (including phenoxy) is 2. The van der Waals surface area contributed by atoms with Crippen molar-refractivity contribution in [3.63, 3.8) is 0 Å². The third-order valence-electron chi connectivity index (χ3n) is 2.29. The standard InChI is InChI=1S/C12H13ClN2O2S/c1-16-7-6-9-2-4-10(5-3-9)17-12-15-14-11(8-13)18-12/h2-5H,6-8H2,1H3. The lowest BCUT2D eigenvalue weighted by Crippen LogP contribution is -1.94. The van der Waals surface area contributed by atoms with E-state index in [9.17, 15) is 0 Å². The Hall–Kier alpha value is -1.17. The van der Waals surface area contributed by atoms with Gasteiger partial charge in [0.25, 0.3) is 5.19 Å². The molecule has 0 spiro atoms. The lowest BCUT2D eigenvalue weighted by atomic mass is 10.1. The molecular formula is C12H13ClN2O2S. The quantitative estimate of drug-likeness (QED) is 0.764. The van der Waals surface area contributed by atoms with Crippen LogP contribution in [0, 0.1) is 0 Å². The van der Waals surface area contributed by atoms with E-state index in [0.717, 1.165) is 23.8 Å². The van der Waals surface area contributed by atoms with Gasteiger partial charge in [0, 0.05) is 7.11 Å². The summed E-state index contributed by atoms with van der Waals surface area (Å²) in [4.78, 5) is 0. The molecule has 0 amide bonds. The fourth-order valence-electron chi connectivity index (χ4n) is 1.38. The molecule has 0 aliphatic rings. The highest BCUT2D eigenvalue weighted by atomic mass is 35.5. The largest absolute Gasteiger partial charge is 0.430 e. The van der Waals surface area contributed by atoms with Crippen LogP contribution in [-0.4, -0.2) is 23.9 Å². The SMILES string of the molecule is COCCc1ccc(Oc2nnc(CCl)s2)cc1. The van der Waals surface area contributed by atoms with Gasteiger partial charge in [0.05, 0.1) is 12.5 Å². The van der Waals surface area contributed by atoms with Crippen molar-refractivity contribution in [2.75, 3.05) is 13.7 Å². The van der Waals surface area contributed by atoms with Crippen molar-refractivity contribution < 1.29 is 9.47 Å². The van der Waals surface area contributed by atoms with Gasteiger partial charge in [0.1, 0.15) is 10.8 Å². The average Bonchev–Trinajstić information content (AvgIpc) is 2.86. The summed E-state index contributed by atoms with van der Waals surface area (Å²) in [5.74, 6) is 1.10. The third-order valence-corrected chi connectivity index (χ3v) is 3.50. The van der Waals surface area contributed by atoms with Gasteiger partial charge in [0.15, 0.2) is 0 Å². The van der Waals surface area contributed by atoms with Gasteiger partial charge in [0.2, 0.25) is 0 Å². The van der Waals surface area contributed by atoms with Crippen LogP contribution in [-0.2, 0) is 17.0 Å². The smallest absolute Gasteiger partial charge is 0.299 e. The predicted octanol–water partition coefficient (Wildman–Crippen LogP) is 3.26. The highest BCUT2D eigenvalue weighted by molar-refractivity contribution is 7.13. The molecule has 1 aromatic carbocycles. The molecule has 0 unspecified atom stereocenters. The maximum atomic E-state index is 5.65. The van der Waals surface area contributed by atoms with Gasteiger partial charge in [-0.2, -0.15) is 0 Å². The Morgan fingerprint density at radius 1 is 1.22 bits per heavy atom. The van der Waals surface area contributed by atoms with E-state index < -0.39 is 0 Å². The van der Waals surface area contributed by atoms with Crippen LogP contribution in [0.3, 0.4) is 0 Å². The summed E-state index contributed by atoms with van der Waals surface area (Å²) < 4.78 is 10.6. The van der Waals surface area contributed by atoms with Crippen LogP contribution in [0.4, 0.5) is 0 Å². The zero-order valence-corrected chi connectivity index (χ0v) is 11.5. The molecule has 2 rings (SSSR count). The normalized spacial score (nSPS) is 10.6. The Morgan fingerprint density at radius 3 is 2.61 bits per heavy atom. The van der Waals surface area contributed by atoms with E-state index in [2.05, 4.69) is 10.2 Å². The molecule has 0 atom stereocenters. The second-order valence-corrected chi connectivity index (χ2v) is 4.88. The number of halogens is 1. The van der Waals surface area contributed by atoms with Gasteiger partial charge < -0.3 is 9.47 Å². The summed E-state index contributed by atoms with van der Waals surface area (Å²) in [6.07, 6.45) is 0.895. The lowest BCUT2D eigenvalue weighted by molar-refractivity contribution is 0.202. The number of hydrogen-bond donors (Lipinski definition) is 0. The van der Waals surface area contributed by atoms with Crippen LogP contribution < -0.4 is 4.74 Å². The molecule has 0 bridgehead atoms. The number of methoxy groups -OCH3 is 1. The molecule has 4 nitrogen and oxygen atoms in total. The van der Waals surface area contributed by atoms with Crippen molar-refractivity contribution >= 4 is 22.9 Å². The van der Waals surface area contributed by atoms with Crippen LogP contribution in [0.25, 0.3) is 0 Å². The molecule has 6 heteroatoms. The molecule has 0 aliphatic carbocycles. The fourth-order valence-corrected chi connectivity index (χ4v) is 2.15. The maximum absolute atomic E-state index is 5.65. The van der Waals surface area contributed by atoms with E-state index in [1.54, 1.807) is 7.11 Å². The number of rotatable bonds is 6. The Morgan fingerprint density at radius 2 is 2.00 bits per heavy atom. The summed E-state index contributed by atoms with van der Waals surface area (Å²) in [5, 5.41) is 9.04. The first-order valence-corrected chi connectivity index (χ1v) is 6.81. The molecule has 0 aliphatic heterocycles. The molecule has 0 saturated heterocycles. The van der Waals surface area contributed by atoms with E-state index in [4.69, 9.17) is 21.1 Å². The van der Waals surface area contributed by atoms with Crippen molar-refractivity contribution in [1.29, 1.82) is 0 Å². The summed E-state index contributed by atoms with van der Waals surface area (Å²) >= 11 is 7.00. The third kappa shape index (κ3) is 3.66. The minimum Gasteiger partial charge on any atom is -0.430 e.